The quantitative estimate of drug-likeness (QED) is 0.0190. The molecule has 26 nitrogen and oxygen atoms in total. The normalized spacial score (nSPS) is 14.7. The number of imidazole rings is 1. The van der Waals surface area contributed by atoms with Crippen LogP contribution in [0.25, 0.3) is 0 Å². The number of aliphatic imine (C=N–C) groups is 2. The van der Waals surface area contributed by atoms with Crippen LogP contribution in [0.15, 0.2) is 52.8 Å². The molecule has 9 atom stereocenters. The van der Waals surface area contributed by atoms with E-state index in [4.69, 9.17) is 34.4 Å². The summed E-state index contributed by atoms with van der Waals surface area (Å²) in [5.74, 6) is -7.49. The summed E-state index contributed by atoms with van der Waals surface area (Å²) in [5.41, 5.74) is 35.2. The van der Waals surface area contributed by atoms with E-state index in [2.05, 4.69) is 57.2 Å². The molecule has 0 radical (unpaired) electrons. The molecule has 412 valence electrons. The van der Waals surface area contributed by atoms with Crippen LogP contribution in [-0.2, 0) is 51.2 Å². The lowest BCUT2D eigenvalue weighted by Crippen LogP contribution is -2.60. The van der Waals surface area contributed by atoms with E-state index in [1.807, 2.05) is 13.8 Å². The highest BCUT2D eigenvalue weighted by molar-refractivity contribution is 5.97. The number of rotatable bonds is 35. The van der Waals surface area contributed by atoms with Crippen molar-refractivity contribution in [1.29, 1.82) is 0 Å². The first-order chi connectivity index (χ1) is 35.1. The monoisotopic (exact) mass is 1040 g/mol. The fourth-order valence-corrected chi connectivity index (χ4v) is 7.50. The zero-order valence-corrected chi connectivity index (χ0v) is 43.2. The van der Waals surface area contributed by atoms with Crippen molar-refractivity contribution in [2.45, 2.75) is 154 Å². The lowest BCUT2D eigenvalue weighted by Gasteiger charge is -2.29. The van der Waals surface area contributed by atoms with Crippen LogP contribution in [0, 0.1) is 11.8 Å². The summed E-state index contributed by atoms with van der Waals surface area (Å²) in [6.45, 7) is 9.00. The van der Waals surface area contributed by atoms with Crippen LogP contribution in [0.4, 0.5) is 0 Å². The Morgan fingerprint density at radius 3 is 1.59 bits per heavy atom. The van der Waals surface area contributed by atoms with Crippen LogP contribution in [0.3, 0.4) is 0 Å². The van der Waals surface area contributed by atoms with Gasteiger partial charge in [-0.25, -0.2) is 9.78 Å². The Hall–Kier alpha value is -7.35. The number of carboxylic acid groups (broad SMARTS) is 1. The molecule has 0 fully saturated rings. The number of carboxylic acids is 1. The number of hydrogen-bond donors (Lipinski definition) is 15. The number of nitrogens with one attached hydrogen (secondary N) is 8. The van der Waals surface area contributed by atoms with Gasteiger partial charge in [0.1, 0.15) is 42.3 Å². The van der Waals surface area contributed by atoms with Gasteiger partial charge in [-0.05, 0) is 82.2 Å². The van der Waals surface area contributed by atoms with E-state index in [-0.39, 0.29) is 82.3 Å². The van der Waals surface area contributed by atoms with Crippen LogP contribution in [0.5, 0.6) is 0 Å². The second kappa shape index (κ2) is 33.4. The van der Waals surface area contributed by atoms with Gasteiger partial charge in [-0.15, -0.1) is 0 Å². The Morgan fingerprint density at radius 1 is 0.622 bits per heavy atom. The summed E-state index contributed by atoms with van der Waals surface area (Å²) in [6.07, 6.45) is 4.80. The van der Waals surface area contributed by atoms with Crippen LogP contribution in [0.1, 0.15) is 104 Å². The first-order valence-electron chi connectivity index (χ1n) is 25.0. The molecule has 0 bridgehead atoms. The number of carbonyl (C=O) groups is 8. The van der Waals surface area contributed by atoms with Gasteiger partial charge in [0.15, 0.2) is 11.9 Å². The fraction of sp³-hybridized carbons (Fsp3) is 0.604. The van der Waals surface area contributed by atoms with Crippen molar-refractivity contribution in [2.24, 2.45) is 56.2 Å². The second-order valence-electron chi connectivity index (χ2n) is 18.6. The molecular formula is C48H81N17O9. The first-order valence-corrected chi connectivity index (χ1v) is 25.0. The average molecular weight is 1040 g/mol. The molecule has 0 saturated heterocycles. The Morgan fingerprint density at radius 2 is 1.12 bits per heavy atom. The van der Waals surface area contributed by atoms with Crippen molar-refractivity contribution >= 4 is 59.2 Å². The summed E-state index contributed by atoms with van der Waals surface area (Å²) in [7, 11) is 0. The maximum absolute atomic E-state index is 14.4. The topological polar surface area (TPSA) is 451 Å². The number of nitrogens with zero attached hydrogens (tertiary/aromatic N) is 3. The van der Waals surface area contributed by atoms with E-state index in [1.54, 1.807) is 44.2 Å². The predicted molar refractivity (Wildman–Crippen MR) is 279 cm³/mol. The van der Waals surface area contributed by atoms with Crippen molar-refractivity contribution in [3.8, 4) is 0 Å². The predicted octanol–water partition coefficient (Wildman–Crippen LogP) is -2.65. The van der Waals surface area contributed by atoms with Gasteiger partial charge in [-0.3, -0.25) is 43.5 Å². The van der Waals surface area contributed by atoms with Crippen LogP contribution >= 0.6 is 0 Å². The summed E-state index contributed by atoms with van der Waals surface area (Å²) in [5, 5.41) is 28.7. The molecule has 1 aromatic carbocycles. The van der Waals surface area contributed by atoms with E-state index in [1.165, 1.54) is 19.4 Å². The number of nitrogens with two attached hydrogens (primary N) is 6. The summed E-state index contributed by atoms with van der Waals surface area (Å²) >= 11 is 0. The number of aromatic nitrogens is 2. The third-order valence-electron chi connectivity index (χ3n) is 11.9. The van der Waals surface area contributed by atoms with E-state index in [0.717, 1.165) is 0 Å². The molecule has 0 aliphatic heterocycles. The Balaban J connectivity index is 2.42. The minimum Gasteiger partial charge on any atom is -0.480 e. The SMILES string of the molecule is CC[C@H](C)[C@H](NC(=O)[C@H](CC(C)C)NC(=O)[C@H](CCCN=C(N)N)NC(=O)[C@H](CCCN=C(N)N)NC(=O)[C@H](CCCCN)NC(=O)[C@H](C)NC(=O)[C@@H](N)Cc1cnc[nH]1)C(=O)N[C@@H](Cc1ccccc1)C(=O)O. The number of H-pyrrole nitrogens is 1. The third kappa shape index (κ3) is 23.9. The van der Waals surface area contributed by atoms with Gasteiger partial charge in [-0.1, -0.05) is 64.4 Å². The Kier molecular flexibility index (Phi) is 28.3. The third-order valence-corrected chi connectivity index (χ3v) is 11.9. The molecule has 0 spiro atoms. The van der Waals surface area contributed by atoms with E-state index < -0.39 is 102 Å². The van der Waals surface area contributed by atoms with Gasteiger partial charge < -0.3 is 81.7 Å². The zero-order chi connectivity index (χ0) is 55.3. The maximum atomic E-state index is 14.4. The summed E-state index contributed by atoms with van der Waals surface area (Å²) in [6, 6.07) is -1.06. The summed E-state index contributed by atoms with van der Waals surface area (Å²) < 4.78 is 0. The molecule has 2 aromatic rings. The van der Waals surface area contributed by atoms with E-state index in [0.29, 0.717) is 37.1 Å². The number of aromatic amines is 1. The average Bonchev–Trinajstić information content (AvgIpc) is 3.86. The van der Waals surface area contributed by atoms with E-state index in [9.17, 15) is 43.5 Å². The van der Waals surface area contributed by atoms with Crippen molar-refractivity contribution in [1.82, 2.24) is 47.2 Å². The molecule has 0 aliphatic carbocycles. The molecule has 1 aromatic heterocycles. The standard InChI is InChI=1S/C48H81N17O9/c1-6-28(4)38(45(72)64-37(46(73)74)23-30-14-8-7-9-15-30)65-44(71)36(22-27(2)3)63-43(70)35(18-13-21-57-48(53)54)62-42(69)34(17-12-20-56-47(51)52)61-41(68)33(16-10-11-19-49)60-39(66)29(5)59-40(67)32(50)24-31-25-55-26-58-31/h7-9,14-15,25-29,32-38H,6,10-13,16-24,49-50H2,1-5H3,(H,55,58)(H,59,67)(H,60,66)(H,61,68)(H,62,69)(H,63,70)(H,64,72)(H,65,71)(H,73,74)(H4,51,52,56)(H4,53,54,57)/t28-,29-,32-,33-,34-,35-,36-,37-,38-/m0/s1. The lowest BCUT2D eigenvalue weighted by atomic mass is 9.96. The highest BCUT2D eigenvalue weighted by Crippen LogP contribution is 2.14. The molecule has 2 rings (SSSR count). The van der Waals surface area contributed by atoms with Gasteiger partial charge in [0.25, 0.3) is 0 Å². The first kappa shape index (κ1) is 62.8. The largest absolute Gasteiger partial charge is 0.480 e. The number of unbranched alkanes of at least 4 members (excludes halogenated alkanes) is 1. The molecule has 0 unspecified atom stereocenters. The number of guanidine groups is 2. The molecule has 1 heterocycles. The Labute approximate surface area is 432 Å². The molecular weight excluding hydrogens is 959 g/mol. The number of benzene rings is 1. The van der Waals surface area contributed by atoms with Crippen molar-refractivity contribution in [3.63, 3.8) is 0 Å². The molecule has 7 amide bonds. The van der Waals surface area contributed by atoms with Gasteiger partial charge >= 0.3 is 5.97 Å². The van der Waals surface area contributed by atoms with Gasteiger partial charge in [0.2, 0.25) is 41.4 Å². The molecule has 26 heteroatoms. The zero-order valence-electron chi connectivity index (χ0n) is 43.2. The van der Waals surface area contributed by atoms with Crippen LogP contribution in [0.2, 0.25) is 0 Å². The van der Waals surface area contributed by atoms with Gasteiger partial charge in [0.05, 0.1) is 12.4 Å². The number of aliphatic carboxylic acids is 1. The second-order valence-corrected chi connectivity index (χ2v) is 18.6. The number of hydrogen-bond acceptors (Lipinski definition) is 13. The smallest absolute Gasteiger partial charge is 0.326 e. The van der Waals surface area contributed by atoms with Gasteiger partial charge in [0, 0.05) is 37.8 Å². The lowest BCUT2D eigenvalue weighted by molar-refractivity contribution is -0.142. The number of amides is 7. The van der Waals surface area contributed by atoms with Crippen LogP contribution in [-0.4, -0.2) is 142 Å². The molecule has 0 saturated carbocycles. The molecule has 21 N–H and O–H groups in total. The van der Waals surface area contributed by atoms with Crippen molar-refractivity contribution in [3.05, 3.63) is 54.1 Å². The minimum atomic E-state index is -1.34. The molecule has 74 heavy (non-hydrogen) atoms. The Bertz CT molecular complexity index is 2150. The fourth-order valence-electron chi connectivity index (χ4n) is 7.50. The number of carbonyl (C=O) groups excluding carboxylic acids is 7. The van der Waals surface area contributed by atoms with Crippen LogP contribution < -0.4 is 71.6 Å². The highest BCUT2D eigenvalue weighted by Gasteiger charge is 2.35. The summed E-state index contributed by atoms with van der Waals surface area (Å²) in [4.78, 5) is 124. The van der Waals surface area contributed by atoms with Gasteiger partial charge in [-0.2, -0.15) is 0 Å². The minimum absolute atomic E-state index is 0.0109. The van der Waals surface area contributed by atoms with E-state index >= 15 is 0 Å². The van der Waals surface area contributed by atoms with Crippen molar-refractivity contribution < 1.29 is 43.5 Å². The maximum Gasteiger partial charge on any atom is 0.326 e. The highest BCUT2D eigenvalue weighted by atomic mass is 16.4. The van der Waals surface area contributed by atoms with Crippen molar-refractivity contribution in [2.75, 3.05) is 19.6 Å². The molecule has 0 aliphatic rings.